The van der Waals surface area contributed by atoms with E-state index in [0.29, 0.717) is 0 Å². The van der Waals surface area contributed by atoms with Crippen molar-refractivity contribution in [2.24, 2.45) is 0 Å². The zero-order valence-corrected chi connectivity index (χ0v) is 14.4. The molecular formula is C22H21NO2. The third-order valence-corrected chi connectivity index (χ3v) is 3.70. The summed E-state index contributed by atoms with van der Waals surface area (Å²) in [6.07, 6.45) is 3.44. The van der Waals surface area contributed by atoms with Gasteiger partial charge in [-0.25, -0.2) is 0 Å². The van der Waals surface area contributed by atoms with Crippen LogP contribution in [0.5, 0.6) is 5.75 Å². The number of ether oxygens (including phenoxy) is 1. The van der Waals surface area contributed by atoms with Gasteiger partial charge in [0, 0.05) is 17.1 Å². The van der Waals surface area contributed by atoms with E-state index in [-0.39, 0.29) is 12.0 Å². The molecule has 0 heterocycles. The number of carbonyl (C=O) groups is 1. The highest BCUT2D eigenvalue weighted by molar-refractivity contribution is 6.07. The van der Waals surface area contributed by atoms with Crippen molar-refractivity contribution in [3.8, 4) is 5.75 Å². The highest BCUT2D eigenvalue weighted by Gasteiger charge is 2.03. The Morgan fingerprint density at radius 1 is 1.00 bits per heavy atom. The molecule has 0 aliphatic carbocycles. The molecule has 0 spiro atoms. The summed E-state index contributed by atoms with van der Waals surface area (Å²) in [4.78, 5) is 12.3. The van der Waals surface area contributed by atoms with Gasteiger partial charge in [-0.2, -0.15) is 0 Å². The van der Waals surface area contributed by atoms with Crippen molar-refractivity contribution in [2.75, 3.05) is 5.32 Å². The highest BCUT2D eigenvalue weighted by atomic mass is 16.5. The van der Waals surface area contributed by atoms with Crippen LogP contribution in [0.1, 0.15) is 19.4 Å². The molecule has 126 valence electrons. The van der Waals surface area contributed by atoms with E-state index in [1.165, 1.54) is 6.08 Å². The molecule has 0 fully saturated rings. The number of nitrogens with one attached hydrogen (secondary N) is 1. The molecule has 0 atom stereocenters. The van der Waals surface area contributed by atoms with Gasteiger partial charge in [-0.05, 0) is 49.1 Å². The van der Waals surface area contributed by atoms with Gasteiger partial charge < -0.3 is 10.1 Å². The van der Waals surface area contributed by atoms with E-state index in [2.05, 4.69) is 5.32 Å². The Hall–Kier alpha value is -3.07. The molecule has 0 bridgehead atoms. The van der Waals surface area contributed by atoms with E-state index in [1.54, 1.807) is 6.08 Å². The van der Waals surface area contributed by atoms with Gasteiger partial charge in [-0.3, -0.25) is 4.79 Å². The molecule has 0 radical (unpaired) electrons. The molecule has 3 aromatic rings. The molecule has 3 heteroatoms. The van der Waals surface area contributed by atoms with Gasteiger partial charge in [-0.1, -0.05) is 48.5 Å². The molecule has 1 amide bonds. The van der Waals surface area contributed by atoms with Gasteiger partial charge in [-0.15, -0.1) is 0 Å². The predicted molar refractivity (Wildman–Crippen MR) is 104 cm³/mol. The van der Waals surface area contributed by atoms with Crippen molar-refractivity contribution >= 4 is 28.4 Å². The summed E-state index contributed by atoms with van der Waals surface area (Å²) in [6, 6.07) is 21.5. The summed E-state index contributed by atoms with van der Waals surface area (Å²) in [5, 5.41) is 5.07. The largest absolute Gasteiger partial charge is 0.491 e. The molecule has 3 rings (SSSR count). The lowest BCUT2D eigenvalue weighted by molar-refractivity contribution is -0.111. The van der Waals surface area contributed by atoms with Crippen LogP contribution in [-0.2, 0) is 4.79 Å². The Kier molecular flexibility index (Phi) is 5.14. The van der Waals surface area contributed by atoms with E-state index in [0.717, 1.165) is 27.8 Å². The summed E-state index contributed by atoms with van der Waals surface area (Å²) >= 11 is 0. The van der Waals surface area contributed by atoms with Gasteiger partial charge in [0.05, 0.1) is 6.10 Å². The highest BCUT2D eigenvalue weighted by Crippen LogP contribution is 2.23. The molecule has 3 aromatic carbocycles. The molecule has 0 unspecified atom stereocenters. The lowest BCUT2D eigenvalue weighted by Crippen LogP contribution is -2.08. The summed E-state index contributed by atoms with van der Waals surface area (Å²) in [6.45, 7) is 3.97. The van der Waals surface area contributed by atoms with Gasteiger partial charge in [0.1, 0.15) is 5.75 Å². The average molecular weight is 331 g/mol. The normalized spacial score (nSPS) is 11.2. The number of hydrogen-bond donors (Lipinski definition) is 1. The van der Waals surface area contributed by atoms with Crippen molar-refractivity contribution in [1.29, 1.82) is 0 Å². The number of benzene rings is 3. The molecule has 0 aromatic heterocycles. The fourth-order valence-electron chi connectivity index (χ4n) is 2.64. The summed E-state index contributed by atoms with van der Waals surface area (Å²) in [5.74, 6) is 0.637. The first-order valence-electron chi connectivity index (χ1n) is 8.35. The first-order chi connectivity index (χ1) is 12.1. The summed E-state index contributed by atoms with van der Waals surface area (Å²) < 4.78 is 5.67. The Morgan fingerprint density at radius 2 is 1.76 bits per heavy atom. The number of hydrogen-bond acceptors (Lipinski definition) is 2. The number of carbonyl (C=O) groups excluding carboxylic acids is 1. The number of anilines is 1. The molecule has 25 heavy (non-hydrogen) atoms. The van der Waals surface area contributed by atoms with Crippen LogP contribution in [0, 0.1) is 0 Å². The molecular weight excluding hydrogens is 310 g/mol. The van der Waals surface area contributed by atoms with E-state index < -0.39 is 0 Å². The molecule has 1 N–H and O–H groups in total. The second kappa shape index (κ2) is 7.67. The third kappa shape index (κ3) is 4.48. The first-order valence-corrected chi connectivity index (χ1v) is 8.35. The minimum absolute atomic E-state index is 0.119. The number of fused-ring (bicyclic) bond motifs is 1. The molecule has 0 saturated carbocycles. The third-order valence-electron chi connectivity index (χ3n) is 3.70. The lowest BCUT2D eigenvalue weighted by Gasteiger charge is -2.09. The van der Waals surface area contributed by atoms with E-state index >= 15 is 0 Å². The van der Waals surface area contributed by atoms with Crippen molar-refractivity contribution in [1.82, 2.24) is 0 Å². The number of amides is 1. The van der Waals surface area contributed by atoms with Crippen molar-refractivity contribution < 1.29 is 9.53 Å². The van der Waals surface area contributed by atoms with Crippen LogP contribution >= 0.6 is 0 Å². The standard InChI is InChI=1S/C22H21NO2/c1-16(2)25-19-10-5-7-17(15-19)13-14-22(24)23-21-12-6-9-18-8-3-4-11-20(18)21/h3-16H,1-2H3,(H,23,24)/b14-13+. The monoisotopic (exact) mass is 331 g/mol. The molecule has 0 aliphatic rings. The Labute approximate surface area is 147 Å². The van der Waals surface area contributed by atoms with Gasteiger partial charge in [0.25, 0.3) is 0 Å². The molecule has 0 saturated heterocycles. The van der Waals surface area contributed by atoms with E-state index in [1.807, 2.05) is 80.6 Å². The summed E-state index contributed by atoms with van der Waals surface area (Å²) in [7, 11) is 0. The van der Waals surface area contributed by atoms with Crippen LogP contribution in [0.25, 0.3) is 16.8 Å². The summed E-state index contributed by atoms with van der Waals surface area (Å²) in [5.41, 5.74) is 1.73. The predicted octanol–water partition coefficient (Wildman–Crippen LogP) is 5.28. The van der Waals surface area contributed by atoms with Crippen LogP contribution in [0.3, 0.4) is 0 Å². The quantitative estimate of drug-likeness (QED) is 0.646. The van der Waals surface area contributed by atoms with Crippen LogP contribution in [0.15, 0.2) is 72.8 Å². The Bertz CT molecular complexity index is 907. The molecule has 3 nitrogen and oxygen atoms in total. The van der Waals surface area contributed by atoms with Crippen LogP contribution < -0.4 is 10.1 Å². The smallest absolute Gasteiger partial charge is 0.248 e. The van der Waals surface area contributed by atoms with E-state index in [4.69, 9.17) is 4.74 Å². The minimum atomic E-state index is -0.161. The maximum atomic E-state index is 12.3. The number of rotatable bonds is 5. The van der Waals surface area contributed by atoms with Crippen molar-refractivity contribution in [3.05, 3.63) is 78.4 Å². The fraction of sp³-hybridized carbons (Fsp3) is 0.136. The second-order valence-corrected chi connectivity index (χ2v) is 6.09. The first kappa shape index (κ1) is 16.8. The zero-order chi connectivity index (χ0) is 17.6. The van der Waals surface area contributed by atoms with Crippen LogP contribution in [0.2, 0.25) is 0 Å². The van der Waals surface area contributed by atoms with Crippen molar-refractivity contribution in [3.63, 3.8) is 0 Å². The SMILES string of the molecule is CC(C)Oc1cccc(/C=C/C(=O)Nc2cccc3ccccc23)c1. The average Bonchev–Trinajstić information content (AvgIpc) is 2.60. The zero-order valence-electron chi connectivity index (χ0n) is 14.4. The van der Waals surface area contributed by atoms with Gasteiger partial charge in [0.15, 0.2) is 0 Å². The molecule has 0 aliphatic heterocycles. The van der Waals surface area contributed by atoms with Gasteiger partial charge in [0.2, 0.25) is 5.91 Å². The van der Waals surface area contributed by atoms with Crippen molar-refractivity contribution in [2.45, 2.75) is 20.0 Å². The van der Waals surface area contributed by atoms with Gasteiger partial charge >= 0.3 is 0 Å². The van der Waals surface area contributed by atoms with Crippen LogP contribution in [-0.4, -0.2) is 12.0 Å². The topological polar surface area (TPSA) is 38.3 Å². The Balaban J connectivity index is 1.73. The fourth-order valence-corrected chi connectivity index (χ4v) is 2.64. The minimum Gasteiger partial charge on any atom is -0.491 e. The maximum Gasteiger partial charge on any atom is 0.248 e. The second-order valence-electron chi connectivity index (χ2n) is 6.09. The Morgan fingerprint density at radius 3 is 2.60 bits per heavy atom. The lowest BCUT2D eigenvalue weighted by atomic mass is 10.1. The van der Waals surface area contributed by atoms with Crippen LogP contribution in [0.4, 0.5) is 5.69 Å². The maximum absolute atomic E-state index is 12.3. The van der Waals surface area contributed by atoms with E-state index in [9.17, 15) is 4.79 Å².